The minimum Gasteiger partial charge on any atom is -0.481 e. The molecule has 190 valence electrons. The molecule has 0 bridgehead atoms. The second kappa shape index (κ2) is 12.7. The number of pyridine rings is 1. The second-order valence-corrected chi connectivity index (χ2v) is 10.1. The van der Waals surface area contributed by atoms with E-state index in [1.165, 1.54) is 11.1 Å². The number of carboxylic acids is 2. The van der Waals surface area contributed by atoms with Gasteiger partial charge in [-0.15, -0.1) is 0 Å². The number of benzene rings is 1. The van der Waals surface area contributed by atoms with E-state index in [2.05, 4.69) is 42.0 Å². The number of hydrogen-bond donors (Lipinski definition) is 3. The SMILES string of the molecule is CN(c1ccc(C(=O)CC(C)(C)C)nc1)c1c(Cl)ccc2c1CCNCC2.O=C(O)CCC(=O)O. The fourth-order valence-electron chi connectivity index (χ4n) is 3.75. The molecule has 0 atom stereocenters. The van der Waals surface area contributed by atoms with Crippen LogP contribution in [0, 0.1) is 5.41 Å². The van der Waals surface area contributed by atoms with Gasteiger partial charge in [-0.2, -0.15) is 0 Å². The van der Waals surface area contributed by atoms with Crippen molar-refractivity contribution in [2.45, 2.75) is 52.9 Å². The zero-order chi connectivity index (χ0) is 26.2. The van der Waals surface area contributed by atoms with Gasteiger partial charge < -0.3 is 20.4 Å². The summed E-state index contributed by atoms with van der Waals surface area (Å²) in [6.45, 7) is 8.12. The van der Waals surface area contributed by atoms with E-state index in [1.807, 2.05) is 25.2 Å². The number of Topliss-reactive ketones (excluding diaryl/α,β-unsaturated/α-hetero) is 1. The summed E-state index contributed by atoms with van der Waals surface area (Å²) in [7, 11) is 2.01. The Balaban J connectivity index is 0.000000466. The Hall–Kier alpha value is -2.97. The van der Waals surface area contributed by atoms with Crippen molar-refractivity contribution in [3.63, 3.8) is 0 Å². The van der Waals surface area contributed by atoms with Crippen LogP contribution < -0.4 is 10.2 Å². The Bertz CT molecular complexity index is 1030. The maximum Gasteiger partial charge on any atom is 0.303 e. The lowest BCUT2D eigenvalue weighted by molar-refractivity contribution is -0.143. The second-order valence-electron chi connectivity index (χ2n) is 9.69. The Kier molecular flexibility index (Phi) is 10.2. The van der Waals surface area contributed by atoms with Gasteiger partial charge in [0.05, 0.1) is 35.4 Å². The fourth-order valence-corrected chi connectivity index (χ4v) is 4.06. The highest BCUT2D eigenvalue weighted by molar-refractivity contribution is 6.33. The molecule has 1 aliphatic rings. The van der Waals surface area contributed by atoms with Gasteiger partial charge in [0.25, 0.3) is 0 Å². The number of hydrogen-bond acceptors (Lipinski definition) is 6. The van der Waals surface area contributed by atoms with E-state index in [-0.39, 0.29) is 24.0 Å². The molecule has 0 saturated heterocycles. The highest BCUT2D eigenvalue weighted by Crippen LogP contribution is 2.36. The van der Waals surface area contributed by atoms with Gasteiger partial charge in [-0.3, -0.25) is 19.4 Å². The monoisotopic (exact) mass is 503 g/mol. The molecule has 35 heavy (non-hydrogen) atoms. The normalized spacial score (nSPS) is 13.1. The highest BCUT2D eigenvalue weighted by atomic mass is 35.5. The zero-order valence-electron chi connectivity index (χ0n) is 20.7. The Morgan fingerprint density at radius 1 is 1.03 bits per heavy atom. The van der Waals surface area contributed by atoms with Crippen LogP contribution in [0.2, 0.25) is 5.02 Å². The number of nitrogens with one attached hydrogen (secondary N) is 1. The number of fused-ring (bicyclic) bond motifs is 1. The lowest BCUT2D eigenvalue weighted by Crippen LogP contribution is -2.17. The van der Waals surface area contributed by atoms with Crippen molar-refractivity contribution >= 4 is 40.7 Å². The lowest BCUT2D eigenvalue weighted by atomic mass is 9.89. The number of aliphatic carboxylic acids is 2. The average molecular weight is 504 g/mol. The van der Waals surface area contributed by atoms with E-state index < -0.39 is 11.9 Å². The first kappa shape index (κ1) is 28.3. The van der Waals surface area contributed by atoms with Crippen molar-refractivity contribution in [2.24, 2.45) is 5.41 Å². The summed E-state index contributed by atoms with van der Waals surface area (Å²) in [6, 6.07) is 7.88. The van der Waals surface area contributed by atoms with Crippen LogP contribution in [0.1, 0.15) is 61.6 Å². The van der Waals surface area contributed by atoms with E-state index in [4.69, 9.17) is 21.8 Å². The van der Waals surface area contributed by atoms with Gasteiger partial charge in [-0.25, -0.2) is 0 Å². The van der Waals surface area contributed by atoms with Gasteiger partial charge in [0.15, 0.2) is 5.78 Å². The van der Waals surface area contributed by atoms with Crippen LogP contribution in [0.5, 0.6) is 0 Å². The van der Waals surface area contributed by atoms with Crippen molar-refractivity contribution in [2.75, 3.05) is 25.0 Å². The minimum absolute atomic E-state index is 0.0442. The molecule has 1 aliphatic heterocycles. The molecular formula is C26H34ClN3O5. The number of halogens is 1. The van der Waals surface area contributed by atoms with Gasteiger partial charge in [-0.1, -0.05) is 38.4 Å². The predicted molar refractivity (Wildman–Crippen MR) is 137 cm³/mol. The molecule has 0 unspecified atom stereocenters. The molecule has 0 saturated carbocycles. The van der Waals surface area contributed by atoms with Crippen LogP contribution in [0.15, 0.2) is 30.5 Å². The zero-order valence-corrected chi connectivity index (χ0v) is 21.5. The van der Waals surface area contributed by atoms with Crippen molar-refractivity contribution in [3.05, 3.63) is 52.3 Å². The lowest BCUT2D eigenvalue weighted by Gasteiger charge is -2.25. The first-order chi connectivity index (χ1) is 16.4. The summed E-state index contributed by atoms with van der Waals surface area (Å²) in [5.41, 5.74) is 5.07. The highest BCUT2D eigenvalue weighted by Gasteiger charge is 2.21. The van der Waals surface area contributed by atoms with Crippen LogP contribution in [0.25, 0.3) is 0 Å². The topological polar surface area (TPSA) is 120 Å². The summed E-state index contributed by atoms with van der Waals surface area (Å²) in [5.74, 6) is -2.07. The van der Waals surface area contributed by atoms with Crippen molar-refractivity contribution < 1.29 is 24.6 Å². The average Bonchev–Trinajstić information content (AvgIpc) is 3.02. The maximum absolute atomic E-state index is 12.4. The van der Waals surface area contributed by atoms with E-state index in [9.17, 15) is 14.4 Å². The van der Waals surface area contributed by atoms with Gasteiger partial charge >= 0.3 is 11.9 Å². The van der Waals surface area contributed by atoms with Gasteiger partial charge in [-0.05, 0) is 60.7 Å². The summed E-state index contributed by atoms with van der Waals surface area (Å²) in [6.07, 6.45) is 3.61. The predicted octanol–water partition coefficient (Wildman–Crippen LogP) is 4.75. The molecule has 0 fully saturated rings. The third kappa shape index (κ3) is 8.96. The molecule has 9 heteroatoms. The standard InChI is InChI=1S/C22H28ClN3O.C4H6O4/c1-22(2,3)13-20(27)19-8-6-16(14-25-19)26(4)21-17-10-12-24-11-9-15(17)5-7-18(21)23;5-3(6)1-2-4(7)8/h5-8,14,24H,9-13H2,1-4H3;1-2H2,(H,5,6)(H,7,8). The van der Waals surface area contributed by atoms with Crippen LogP contribution in [-0.2, 0) is 22.4 Å². The summed E-state index contributed by atoms with van der Waals surface area (Å²) >= 11 is 6.58. The fraction of sp³-hybridized carbons (Fsp3) is 0.462. The smallest absolute Gasteiger partial charge is 0.303 e. The van der Waals surface area contributed by atoms with Crippen LogP contribution >= 0.6 is 11.6 Å². The minimum atomic E-state index is -1.08. The molecule has 0 radical (unpaired) electrons. The third-order valence-electron chi connectivity index (χ3n) is 5.45. The molecule has 2 heterocycles. The van der Waals surface area contributed by atoms with Crippen LogP contribution in [-0.4, -0.2) is 53.1 Å². The van der Waals surface area contributed by atoms with Crippen molar-refractivity contribution in [3.8, 4) is 0 Å². The van der Waals surface area contributed by atoms with Crippen molar-refractivity contribution in [1.82, 2.24) is 10.3 Å². The van der Waals surface area contributed by atoms with E-state index in [0.717, 1.165) is 42.3 Å². The molecule has 0 amide bonds. The third-order valence-corrected chi connectivity index (χ3v) is 5.76. The number of ketones is 1. The van der Waals surface area contributed by atoms with E-state index in [1.54, 1.807) is 6.20 Å². The number of anilines is 2. The number of carbonyl (C=O) groups excluding carboxylic acids is 1. The molecular weight excluding hydrogens is 470 g/mol. The number of aromatic nitrogens is 1. The molecule has 8 nitrogen and oxygen atoms in total. The molecule has 1 aromatic heterocycles. The summed E-state index contributed by atoms with van der Waals surface area (Å²) in [5, 5.41) is 20.0. The quantitative estimate of drug-likeness (QED) is 0.463. The van der Waals surface area contributed by atoms with Crippen LogP contribution in [0.4, 0.5) is 11.4 Å². The molecule has 0 aliphatic carbocycles. The first-order valence-electron chi connectivity index (χ1n) is 11.6. The number of nitrogens with zero attached hydrogens (tertiary/aromatic N) is 2. The number of carboxylic acid groups (broad SMARTS) is 2. The van der Waals surface area contributed by atoms with Crippen LogP contribution in [0.3, 0.4) is 0 Å². The largest absolute Gasteiger partial charge is 0.481 e. The molecule has 2 aromatic rings. The van der Waals surface area contributed by atoms with E-state index >= 15 is 0 Å². The van der Waals surface area contributed by atoms with Gasteiger partial charge in [0.2, 0.25) is 0 Å². The molecule has 0 spiro atoms. The Morgan fingerprint density at radius 2 is 1.66 bits per heavy atom. The molecule has 1 aromatic carbocycles. The summed E-state index contributed by atoms with van der Waals surface area (Å²) in [4.78, 5) is 38.2. The number of carbonyl (C=O) groups is 3. The van der Waals surface area contributed by atoms with Gasteiger partial charge in [0.1, 0.15) is 5.69 Å². The molecule has 3 rings (SSSR count). The Morgan fingerprint density at radius 3 is 2.20 bits per heavy atom. The summed E-state index contributed by atoms with van der Waals surface area (Å²) < 4.78 is 0. The van der Waals surface area contributed by atoms with Crippen molar-refractivity contribution in [1.29, 1.82) is 0 Å². The molecule has 3 N–H and O–H groups in total. The maximum atomic E-state index is 12.4. The van der Waals surface area contributed by atoms with Gasteiger partial charge in [0, 0.05) is 13.5 Å². The Labute approximate surface area is 211 Å². The van der Waals surface area contributed by atoms with E-state index in [0.29, 0.717) is 12.1 Å². The first-order valence-corrected chi connectivity index (χ1v) is 11.9. The number of rotatable bonds is 7.